The lowest BCUT2D eigenvalue weighted by molar-refractivity contribution is 0.0664. The molecule has 0 unspecified atom stereocenters. The summed E-state index contributed by atoms with van der Waals surface area (Å²) in [7, 11) is 3.50. The van der Waals surface area contributed by atoms with Gasteiger partial charge in [0.2, 0.25) is 0 Å². The molecule has 23 heavy (non-hydrogen) atoms. The van der Waals surface area contributed by atoms with E-state index in [0.29, 0.717) is 0 Å². The third-order valence-electron chi connectivity index (χ3n) is 5.19. The zero-order valence-electron chi connectivity index (χ0n) is 14.1. The van der Waals surface area contributed by atoms with Gasteiger partial charge in [-0.1, -0.05) is 18.2 Å². The van der Waals surface area contributed by atoms with Crippen LogP contribution in [0, 0.1) is 12.3 Å². The van der Waals surface area contributed by atoms with E-state index in [-0.39, 0.29) is 23.4 Å². The molecule has 1 aromatic carbocycles. The molecule has 0 radical (unpaired) electrons. The number of urea groups is 1. The van der Waals surface area contributed by atoms with Crippen LogP contribution >= 0.6 is 0 Å². The predicted molar refractivity (Wildman–Crippen MR) is 89.4 cm³/mol. The van der Waals surface area contributed by atoms with Crippen LogP contribution in [0.4, 0.5) is 4.79 Å². The third kappa shape index (κ3) is 3.05. The number of nitrogens with one attached hydrogen (secondary N) is 1. The average Bonchev–Trinajstić information content (AvgIpc) is 2.92. The highest BCUT2D eigenvalue weighted by Gasteiger charge is 2.49. The molecule has 1 aliphatic carbocycles. The van der Waals surface area contributed by atoms with Crippen molar-refractivity contribution in [1.82, 2.24) is 15.1 Å². The second-order valence-electron chi connectivity index (χ2n) is 7.24. The Kier molecular flexibility index (Phi) is 4.04. The molecule has 1 aliphatic heterocycles. The Balaban J connectivity index is 1.57. The van der Waals surface area contributed by atoms with E-state index in [2.05, 4.69) is 5.32 Å². The lowest BCUT2D eigenvalue weighted by atomic mass is 9.65. The first kappa shape index (κ1) is 15.8. The van der Waals surface area contributed by atoms with Crippen molar-refractivity contribution >= 4 is 11.9 Å². The average molecular weight is 315 g/mol. The second-order valence-corrected chi connectivity index (χ2v) is 7.24. The summed E-state index contributed by atoms with van der Waals surface area (Å²) in [6, 6.07) is 7.98. The molecule has 124 valence electrons. The van der Waals surface area contributed by atoms with Crippen LogP contribution in [0.2, 0.25) is 0 Å². The van der Waals surface area contributed by atoms with Crippen molar-refractivity contribution < 1.29 is 9.59 Å². The number of hydrogen-bond donors (Lipinski definition) is 1. The van der Waals surface area contributed by atoms with Crippen molar-refractivity contribution in [2.75, 3.05) is 27.2 Å². The van der Waals surface area contributed by atoms with E-state index >= 15 is 0 Å². The standard InChI is InChI=1S/C18H25N3O2/c1-13-6-4-5-7-15(13)16(22)21-9-8-18(12-21)10-14(11-18)19-17(23)20(2)3/h4-7,14H,8-12H2,1-3H3,(H,19,23). The predicted octanol–water partition coefficient (Wildman–Crippen LogP) is 2.26. The molecule has 3 amide bonds. The van der Waals surface area contributed by atoms with Gasteiger partial charge in [0, 0.05) is 38.8 Å². The summed E-state index contributed by atoms with van der Waals surface area (Å²) in [4.78, 5) is 27.9. The quantitative estimate of drug-likeness (QED) is 0.910. The second kappa shape index (κ2) is 5.87. The van der Waals surface area contributed by atoms with Gasteiger partial charge in [-0.25, -0.2) is 4.79 Å². The van der Waals surface area contributed by atoms with Crippen LogP contribution < -0.4 is 5.32 Å². The zero-order chi connectivity index (χ0) is 16.6. The molecule has 1 spiro atoms. The van der Waals surface area contributed by atoms with Crippen LogP contribution in [0.15, 0.2) is 24.3 Å². The molecule has 1 saturated heterocycles. The number of amides is 3. The number of likely N-dealkylation sites (tertiary alicyclic amines) is 1. The highest BCUT2D eigenvalue weighted by Crippen LogP contribution is 2.48. The van der Waals surface area contributed by atoms with Crippen LogP contribution in [-0.4, -0.2) is 55.0 Å². The van der Waals surface area contributed by atoms with Gasteiger partial charge in [0.25, 0.3) is 5.91 Å². The topological polar surface area (TPSA) is 52.7 Å². The maximum Gasteiger partial charge on any atom is 0.317 e. The van der Waals surface area contributed by atoms with E-state index in [9.17, 15) is 9.59 Å². The van der Waals surface area contributed by atoms with E-state index in [1.807, 2.05) is 36.1 Å². The molecule has 2 fully saturated rings. The molecule has 5 heteroatoms. The van der Waals surface area contributed by atoms with E-state index in [1.54, 1.807) is 19.0 Å². The lowest BCUT2D eigenvalue weighted by Crippen LogP contribution is -2.54. The number of aryl methyl sites for hydroxylation is 1. The Morgan fingerprint density at radius 2 is 1.96 bits per heavy atom. The highest BCUT2D eigenvalue weighted by molar-refractivity contribution is 5.95. The molecule has 0 atom stereocenters. The summed E-state index contributed by atoms with van der Waals surface area (Å²) in [5.41, 5.74) is 2.05. The van der Waals surface area contributed by atoms with Crippen molar-refractivity contribution in [2.45, 2.75) is 32.2 Å². The molecule has 3 rings (SSSR count). The Hall–Kier alpha value is -2.04. The lowest BCUT2D eigenvalue weighted by Gasteiger charge is -2.45. The van der Waals surface area contributed by atoms with Crippen LogP contribution in [0.3, 0.4) is 0 Å². The monoisotopic (exact) mass is 315 g/mol. The summed E-state index contributed by atoms with van der Waals surface area (Å²) in [6.45, 7) is 3.62. The first-order valence-corrected chi connectivity index (χ1v) is 8.23. The van der Waals surface area contributed by atoms with Crippen LogP contribution in [0.25, 0.3) is 0 Å². The molecule has 1 aromatic rings. The van der Waals surface area contributed by atoms with Crippen molar-refractivity contribution in [3.63, 3.8) is 0 Å². The number of carbonyl (C=O) groups excluding carboxylic acids is 2. The maximum atomic E-state index is 12.7. The third-order valence-corrected chi connectivity index (χ3v) is 5.19. The molecule has 2 aliphatic rings. The van der Waals surface area contributed by atoms with Gasteiger partial charge in [-0.3, -0.25) is 4.79 Å². The summed E-state index contributed by atoms with van der Waals surface area (Å²) in [5.74, 6) is 0.140. The van der Waals surface area contributed by atoms with Crippen LogP contribution in [0.5, 0.6) is 0 Å². The summed E-state index contributed by atoms with van der Waals surface area (Å²) in [6.07, 6.45) is 2.99. The van der Waals surface area contributed by atoms with Crippen molar-refractivity contribution in [1.29, 1.82) is 0 Å². The number of benzene rings is 1. The van der Waals surface area contributed by atoms with Gasteiger partial charge in [-0.2, -0.15) is 0 Å². The molecule has 1 N–H and O–H groups in total. The van der Waals surface area contributed by atoms with E-state index in [0.717, 1.165) is 43.5 Å². The number of carbonyl (C=O) groups is 2. The van der Waals surface area contributed by atoms with E-state index in [4.69, 9.17) is 0 Å². The number of rotatable bonds is 2. The molecule has 5 nitrogen and oxygen atoms in total. The van der Waals surface area contributed by atoms with Gasteiger partial charge >= 0.3 is 6.03 Å². The fourth-order valence-electron chi connectivity index (χ4n) is 3.82. The highest BCUT2D eigenvalue weighted by atomic mass is 16.2. The summed E-state index contributed by atoms with van der Waals surface area (Å²) >= 11 is 0. The van der Waals surface area contributed by atoms with Gasteiger partial charge in [-0.15, -0.1) is 0 Å². The number of hydrogen-bond acceptors (Lipinski definition) is 2. The van der Waals surface area contributed by atoms with Crippen molar-refractivity contribution in [3.8, 4) is 0 Å². The van der Waals surface area contributed by atoms with Crippen LogP contribution in [-0.2, 0) is 0 Å². The molecular weight excluding hydrogens is 290 g/mol. The minimum Gasteiger partial charge on any atom is -0.338 e. The minimum absolute atomic E-state index is 0.0318. The first-order chi connectivity index (χ1) is 10.9. The SMILES string of the molecule is Cc1ccccc1C(=O)N1CCC2(CC(NC(=O)N(C)C)C2)C1. The van der Waals surface area contributed by atoms with Crippen molar-refractivity contribution in [2.24, 2.45) is 5.41 Å². The minimum atomic E-state index is -0.0318. The van der Waals surface area contributed by atoms with E-state index in [1.165, 1.54) is 0 Å². The molecule has 0 bridgehead atoms. The normalized spacial score (nSPS) is 26.0. The summed E-state index contributed by atoms with van der Waals surface area (Å²) < 4.78 is 0. The van der Waals surface area contributed by atoms with Gasteiger partial charge in [-0.05, 0) is 43.2 Å². The zero-order valence-corrected chi connectivity index (χ0v) is 14.1. The molecule has 1 heterocycles. The fraction of sp³-hybridized carbons (Fsp3) is 0.556. The Morgan fingerprint density at radius 1 is 1.26 bits per heavy atom. The van der Waals surface area contributed by atoms with Gasteiger partial charge in [0.1, 0.15) is 0 Å². The summed E-state index contributed by atoms with van der Waals surface area (Å²) in [5, 5.41) is 3.04. The Labute approximate surface area is 137 Å². The van der Waals surface area contributed by atoms with Crippen molar-refractivity contribution in [3.05, 3.63) is 35.4 Å². The molecular formula is C18H25N3O2. The Bertz CT molecular complexity index is 620. The van der Waals surface area contributed by atoms with Crippen LogP contribution in [0.1, 0.15) is 35.2 Å². The molecule has 0 aromatic heterocycles. The first-order valence-electron chi connectivity index (χ1n) is 8.23. The largest absolute Gasteiger partial charge is 0.338 e. The maximum absolute atomic E-state index is 12.7. The molecule has 1 saturated carbocycles. The van der Waals surface area contributed by atoms with Gasteiger partial charge in [0.15, 0.2) is 0 Å². The fourth-order valence-corrected chi connectivity index (χ4v) is 3.82. The van der Waals surface area contributed by atoms with Gasteiger partial charge < -0.3 is 15.1 Å². The van der Waals surface area contributed by atoms with Gasteiger partial charge in [0.05, 0.1) is 0 Å². The number of nitrogens with zero attached hydrogens (tertiary/aromatic N) is 2. The Morgan fingerprint density at radius 3 is 2.61 bits per heavy atom. The smallest absolute Gasteiger partial charge is 0.317 e. The van der Waals surface area contributed by atoms with E-state index < -0.39 is 0 Å².